The van der Waals surface area contributed by atoms with Crippen molar-refractivity contribution in [1.29, 1.82) is 0 Å². The summed E-state index contributed by atoms with van der Waals surface area (Å²) in [5.41, 5.74) is 5.40. The number of primary amides is 1. The highest BCUT2D eigenvalue weighted by Crippen LogP contribution is 2.14. The van der Waals surface area contributed by atoms with Crippen molar-refractivity contribution in [2.45, 2.75) is 13.8 Å². The highest BCUT2D eigenvalue weighted by atomic mass is 16.6. The minimum atomic E-state index is -0.925. The summed E-state index contributed by atoms with van der Waals surface area (Å²) < 4.78 is 9.27. The van der Waals surface area contributed by atoms with E-state index in [1.165, 1.54) is 0 Å². The summed E-state index contributed by atoms with van der Waals surface area (Å²) in [5, 5.41) is 0. The van der Waals surface area contributed by atoms with Crippen LogP contribution in [-0.2, 0) is 0 Å². The number of carbonyl (C=O) groups excluding carboxylic acids is 1. The summed E-state index contributed by atoms with van der Waals surface area (Å²) >= 11 is 0. The van der Waals surface area contributed by atoms with Crippen molar-refractivity contribution >= 4 is 6.09 Å². The molecule has 0 spiro atoms. The van der Waals surface area contributed by atoms with Gasteiger partial charge in [0.25, 0.3) is 0 Å². The molecular formula is C6H8N2O3. The van der Waals surface area contributed by atoms with Gasteiger partial charge in [-0.1, -0.05) is 0 Å². The predicted molar refractivity (Wildman–Crippen MR) is 36.2 cm³/mol. The average molecular weight is 156 g/mol. The summed E-state index contributed by atoms with van der Waals surface area (Å²) in [6.45, 7) is 3.46. The molecule has 1 aromatic rings. The molecule has 11 heavy (non-hydrogen) atoms. The summed E-state index contributed by atoms with van der Waals surface area (Å²) in [4.78, 5) is 13.9. The van der Waals surface area contributed by atoms with Gasteiger partial charge in [0.2, 0.25) is 0 Å². The summed E-state index contributed by atoms with van der Waals surface area (Å²) in [6, 6.07) is 0. The van der Waals surface area contributed by atoms with Crippen LogP contribution in [0.15, 0.2) is 4.42 Å². The maximum atomic E-state index is 10.2. The Balaban J connectivity index is 2.81. The van der Waals surface area contributed by atoms with Gasteiger partial charge in [-0.15, -0.1) is 0 Å². The molecule has 0 radical (unpaired) electrons. The molecule has 0 aromatic carbocycles. The first-order valence-corrected chi connectivity index (χ1v) is 3.01. The molecule has 5 nitrogen and oxygen atoms in total. The molecule has 60 valence electrons. The van der Waals surface area contributed by atoms with E-state index in [-0.39, 0.29) is 6.08 Å². The Morgan fingerprint density at radius 1 is 1.64 bits per heavy atom. The molecule has 0 saturated heterocycles. The first-order valence-electron chi connectivity index (χ1n) is 3.01. The molecule has 0 saturated carbocycles. The zero-order valence-corrected chi connectivity index (χ0v) is 6.25. The fourth-order valence-corrected chi connectivity index (χ4v) is 0.573. The largest absolute Gasteiger partial charge is 0.414 e. The maximum absolute atomic E-state index is 10.2. The molecule has 1 rings (SSSR count). The molecule has 1 aromatic heterocycles. The monoisotopic (exact) mass is 156 g/mol. The lowest BCUT2D eigenvalue weighted by Gasteiger charge is -1.89. The molecule has 1 heterocycles. The minimum Gasteiger partial charge on any atom is -0.414 e. The van der Waals surface area contributed by atoms with Crippen molar-refractivity contribution in [3.63, 3.8) is 0 Å². The van der Waals surface area contributed by atoms with E-state index in [4.69, 9.17) is 10.2 Å². The molecule has 0 unspecified atom stereocenters. The van der Waals surface area contributed by atoms with Crippen LogP contribution in [0, 0.1) is 13.8 Å². The van der Waals surface area contributed by atoms with Gasteiger partial charge in [-0.25, -0.2) is 4.79 Å². The third-order valence-corrected chi connectivity index (χ3v) is 1.20. The second-order valence-corrected chi connectivity index (χ2v) is 2.04. The fraction of sp³-hybridized carbons (Fsp3) is 0.333. The van der Waals surface area contributed by atoms with Crippen LogP contribution in [0.25, 0.3) is 0 Å². The second-order valence-electron chi connectivity index (χ2n) is 2.04. The average Bonchev–Trinajstić information content (AvgIpc) is 2.10. The Morgan fingerprint density at radius 2 is 2.27 bits per heavy atom. The lowest BCUT2D eigenvalue weighted by molar-refractivity contribution is 0.193. The number of oxazole rings is 1. The van der Waals surface area contributed by atoms with E-state index in [1.807, 2.05) is 0 Å². The molecule has 1 amide bonds. The smallest absolute Gasteiger partial charge is 0.413 e. The first-order chi connectivity index (χ1) is 5.09. The maximum Gasteiger partial charge on any atom is 0.413 e. The number of amides is 1. The lowest BCUT2D eigenvalue weighted by atomic mass is 10.4. The molecule has 0 bridgehead atoms. The van der Waals surface area contributed by atoms with E-state index in [2.05, 4.69) is 9.72 Å². The van der Waals surface area contributed by atoms with Crippen LogP contribution in [-0.4, -0.2) is 11.1 Å². The van der Waals surface area contributed by atoms with Crippen molar-refractivity contribution in [1.82, 2.24) is 4.98 Å². The molecule has 0 aliphatic rings. The highest BCUT2D eigenvalue weighted by Gasteiger charge is 2.08. The minimum absolute atomic E-state index is 0.104. The predicted octanol–water partition coefficient (Wildman–Crippen LogP) is 0.749. The van der Waals surface area contributed by atoms with Crippen molar-refractivity contribution in [3.8, 4) is 6.08 Å². The van der Waals surface area contributed by atoms with Gasteiger partial charge in [-0.05, 0) is 13.8 Å². The number of nitrogens with two attached hydrogens (primary N) is 1. The van der Waals surface area contributed by atoms with Crippen molar-refractivity contribution in [3.05, 3.63) is 11.5 Å². The van der Waals surface area contributed by atoms with Gasteiger partial charge in [-0.2, -0.15) is 4.98 Å². The summed E-state index contributed by atoms with van der Waals surface area (Å²) in [6.07, 6.45) is -1.03. The molecule has 2 N–H and O–H groups in total. The van der Waals surface area contributed by atoms with Gasteiger partial charge in [0, 0.05) is 0 Å². The molecule has 5 heteroatoms. The Labute approximate surface area is 63.2 Å². The zero-order valence-electron chi connectivity index (χ0n) is 6.25. The highest BCUT2D eigenvalue weighted by molar-refractivity contribution is 5.66. The first kappa shape index (κ1) is 7.59. The number of hydrogen-bond donors (Lipinski definition) is 1. The number of nitrogens with zero attached hydrogens (tertiary/aromatic N) is 1. The number of ether oxygens (including phenoxy) is 1. The number of carbonyl (C=O) groups is 1. The van der Waals surface area contributed by atoms with E-state index in [9.17, 15) is 4.79 Å². The van der Waals surface area contributed by atoms with Crippen LogP contribution >= 0.6 is 0 Å². The van der Waals surface area contributed by atoms with Gasteiger partial charge < -0.3 is 14.9 Å². The van der Waals surface area contributed by atoms with Crippen LogP contribution < -0.4 is 10.5 Å². The molecule has 0 aliphatic heterocycles. The van der Waals surface area contributed by atoms with Crippen molar-refractivity contribution in [2.24, 2.45) is 5.73 Å². The van der Waals surface area contributed by atoms with Crippen LogP contribution in [0.1, 0.15) is 11.5 Å². The molecule has 0 aliphatic carbocycles. The van der Waals surface area contributed by atoms with Crippen molar-refractivity contribution in [2.75, 3.05) is 0 Å². The SMILES string of the molecule is Cc1nc(OC(N)=O)oc1C. The van der Waals surface area contributed by atoms with E-state index >= 15 is 0 Å². The third kappa shape index (κ3) is 1.70. The Hall–Kier alpha value is -1.52. The summed E-state index contributed by atoms with van der Waals surface area (Å²) in [7, 11) is 0. The van der Waals surface area contributed by atoms with E-state index < -0.39 is 6.09 Å². The number of aromatic nitrogens is 1. The van der Waals surface area contributed by atoms with Crippen LogP contribution in [0.5, 0.6) is 6.08 Å². The number of rotatable bonds is 1. The van der Waals surface area contributed by atoms with E-state index in [0.29, 0.717) is 11.5 Å². The van der Waals surface area contributed by atoms with E-state index in [1.54, 1.807) is 13.8 Å². The quantitative estimate of drug-likeness (QED) is 0.650. The second kappa shape index (κ2) is 2.61. The summed E-state index contributed by atoms with van der Waals surface area (Å²) in [5.74, 6) is 0.612. The molecule has 0 fully saturated rings. The molecule has 0 atom stereocenters. The molecular weight excluding hydrogens is 148 g/mol. The van der Waals surface area contributed by atoms with Gasteiger partial charge in [-0.3, -0.25) is 0 Å². The van der Waals surface area contributed by atoms with Gasteiger partial charge in [0.05, 0.1) is 5.69 Å². The van der Waals surface area contributed by atoms with Gasteiger partial charge in [0.1, 0.15) is 5.76 Å². The normalized spacial score (nSPS) is 9.64. The Morgan fingerprint density at radius 3 is 2.64 bits per heavy atom. The van der Waals surface area contributed by atoms with Gasteiger partial charge >= 0.3 is 12.2 Å². The van der Waals surface area contributed by atoms with Gasteiger partial charge in [0.15, 0.2) is 0 Å². The Kier molecular flexibility index (Phi) is 1.80. The van der Waals surface area contributed by atoms with Crippen LogP contribution in [0.3, 0.4) is 0 Å². The van der Waals surface area contributed by atoms with Crippen molar-refractivity contribution < 1.29 is 13.9 Å². The van der Waals surface area contributed by atoms with Crippen LogP contribution in [0.4, 0.5) is 4.79 Å². The third-order valence-electron chi connectivity index (χ3n) is 1.20. The van der Waals surface area contributed by atoms with E-state index in [0.717, 1.165) is 0 Å². The Bertz CT molecular complexity index is 260. The van der Waals surface area contributed by atoms with Crippen LogP contribution in [0.2, 0.25) is 0 Å². The fourth-order valence-electron chi connectivity index (χ4n) is 0.573. The standard InChI is InChI=1S/C6H8N2O3/c1-3-4(2)10-6(8-3)11-5(7)9/h1-2H3,(H2,7,9). The topological polar surface area (TPSA) is 78.4 Å². The lowest BCUT2D eigenvalue weighted by Crippen LogP contribution is -2.16. The number of aryl methyl sites for hydroxylation is 2. The number of hydrogen-bond acceptors (Lipinski definition) is 4. The zero-order chi connectivity index (χ0) is 8.43.